The zero-order valence-electron chi connectivity index (χ0n) is 10.7. The molecule has 0 amide bonds. The van der Waals surface area contributed by atoms with Gasteiger partial charge < -0.3 is 4.57 Å². The molecule has 7 heteroatoms. The lowest BCUT2D eigenvalue weighted by atomic mass is 10.2. The van der Waals surface area contributed by atoms with Crippen molar-refractivity contribution in [2.75, 3.05) is 6.54 Å². The number of aromatic nitrogens is 2. The van der Waals surface area contributed by atoms with E-state index in [-0.39, 0.29) is 5.39 Å². The van der Waals surface area contributed by atoms with Crippen LogP contribution >= 0.6 is 11.5 Å². The zero-order valence-corrected chi connectivity index (χ0v) is 11.5. The van der Waals surface area contributed by atoms with Gasteiger partial charge in [0.1, 0.15) is 4.88 Å². The standard InChI is InChI=1S/C12H14F3N3S/c1-7(2)17-3-4-18-8(6-17)5-9-10(12(13,14)15)19-16-11(9)18/h5,7H,3-4,6H2,1-2H3. The summed E-state index contributed by atoms with van der Waals surface area (Å²) < 4.78 is 44.5. The second kappa shape index (κ2) is 4.21. The lowest BCUT2D eigenvalue weighted by molar-refractivity contribution is -0.133. The van der Waals surface area contributed by atoms with Crippen LogP contribution in [0.4, 0.5) is 13.2 Å². The van der Waals surface area contributed by atoms with Gasteiger partial charge in [-0.2, -0.15) is 17.5 Å². The first-order valence-corrected chi connectivity index (χ1v) is 6.94. The van der Waals surface area contributed by atoms with Gasteiger partial charge >= 0.3 is 6.18 Å². The molecule has 0 aliphatic carbocycles. The van der Waals surface area contributed by atoms with Crippen LogP contribution in [-0.4, -0.2) is 26.4 Å². The Morgan fingerprint density at radius 2 is 2.05 bits per heavy atom. The summed E-state index contributed by atoms with van der Waals surface area (Å²) in [6, 6.07) is 2.05. The Balaban J connectivity index is 2.07. The fraction of sp³-hybridized carbons (Fsp3) is 0.583. The number of alkyl halides is 3. The lowest BCUT2D eigenvalue weighted by Gasteiger charge is -2.31. The molecule has 3 rings (SSSR count). The fourth-order valence-corrected chi connectivity index (χ4v) is 3.26. The van der Waals surface area contributed by atoms with Crippen molar-refractivity contribution in [2.24, 2.45) is 0 Å². The molecular formula is C12H14F3N3S. The van der Waals surface area contributed by atoms with E-state index in [9.17, 15) is 13.2 Å². The maximum atomic E-state index is 12.9. The van der Waals surface area contributed by atoms with Gasteiger partial charge in [0.05, 0.1) is 0 Å². The maximum absolute atomic E-state index is 12.9. The Bertz CT molecular complexity index is 612. The number of halogens is 3. The lowest BCUT2D eigenvalue weighted by Crippen LogP contribution is -2.37. The van der Waals surface area contributed by atoms with Gasteiger partial charge in [-0.25, -0.2) is 0 Å². The van der Waals surface area contributed by atoms with Crippen LogP contribution in [0.2, 0.25) is 0 Å². The van der Waals surface area contributed by atoms with Crippen molar-refractivity contribution in [3.05, 3.63) is 16.6 Å². The van der Waals surface area contributed by atoms with Gasteiger partial charge in [-0.3, -0.25) is 4.90 Å². The Labute approximate surface area is 112 Å². The number of hydrogen-bond donors (Lipinski definition) is 0. The van der Waals surface area contributed by atoms with Crippen LogP contribution in [0.15, 0.2) is 6.07 Å². The van der Waals surface area contributed by atoms with E-state index < -0.39 is 11.1 Å². The molecule has 3 nitrogen and oxygen atoms in total. The first-order valence-electron chi connectivity index (χ1n) is 6.17. The first-order chi connectivity index (χ1) is 8.88. The second-order valence-electron chi connectivity index (χ2n) is 5.10. The summed E-state index contributed by atoms with van der Waals surface area (Å²) in [7, 11) is 0. The molecule has 0 saturated heterocycles. The smallest absolute Gasteiger partial charge is 0.326 e. The molecule has 0 bridgehead atoms. The Hall–Kier alpha value is -1.08. The fourth-order valence-electron chi connectivity index (χ4n) is 2.54. The van der Waals surface area contributed by atoms with Gasteiger partial charge in [0.15, 0.2) is 5.65 Å². The average molecular weight is 289 g/mol. The normalized spacial score (nSPS) is 17.4. The van der Waals surface area contributed by atoms with Gasteiger partial charge in [0.2, 0.25) is 0 Å². The van der Waals surface area contributed by atoms with E-state index in [1.165, 1.54) is 0 Å². The van der Waals surface area contributed by atoms with Gasteiger partial charge in [-0.15, -0.1) is 0 Å². The topological polar surface area (TPSA) is 21.1 Å². The Morgan fingerprint density at radius 3 is 2.68 bits per heavy atom. The monoisotopic (exact) mass is 289 g/mol. The highest BCUT2D eigenvalue weighted by Gasteiger charge is 2.37. The van der Waals surface area contributed by atoms with E-state index in [1.54, 1.807) is 6.07 Å². The van der Waals surface area contributed by atoms with E-state index >= 15 is 0 Å². The summed E-state index contributed by atoms with van der Waals surface area (Å²) in [4.78, 5) is 1.67. The molecule has 104 valence electrons. The zero-order chi connectivity index (χ0) is 13.8. The third kappa shape index (κ3) is 2.04. The molecule has 0 fully saturated rings. The Kier molecular flexibility index (Phi) is 2.86. The van der Waals surface area contributed by atoms with E-state index in [2.05, 4.69) is 23.1 Å². The van der Waals surface area contributed by atoms with Gasteiger partial charge in [0, 0.05) is 36.8 Å². The van der Waals surface area contributed by atoms with Crippen molar-refractivity contribution in [2.45, 2.75) is 39.2 Å². The number of rotatable bonds is 1. The van der Waals surface area contributed by atoms with Crippen LogP contribution in [0.5, 0.6) is 0 Å². The molecule has 19 heavy (non-hydrogen) atoms. The van der Waals surface area contributed by atoms with E-state index in [4.69, 9.17) is 0 Å². The summed E-state index contributed by atoms with van der Waals surface area (Å²) in [5.74, 6) is 0. The SMILES string of the molecule is CC(C)N1CCn2c(cc3c(C(F)(F)F)snc32)C1. The molecule has 0 spiro atoms. The van der Waals surface area contributed by atoms with Gasteiger partial charge in [-0.1, -0.05) is 0 Å². The highest BCUT2D eigenvalue weighted by atomic mass is 32.1. The molecular weight excluding hydrogens is 275 g/mol. The highest BCUT2D eigenvalue weighted by molar-refractivity contribution is 7.07. The summed E-state index contributed by atoms with van der Waals surface area (Å²) in [6.45, 7) is 6.45. The van der Waals surface area contributed by atoms with E-state index in [1.807, 2.05) is 4.57 Å². The minimum atomic E-state index is -4.31. The summed E-state index contributed by atoms with van der Waals surface area (Å²) in [5, 5.41) is 0.248. The molecule has 0 radical (unpaired) electrons. The van der Waals surface area contributed by atoms with Crippen LogP contribution < -0.4 is 0 Å². The third-order valence-corrected chi connectivity index (χ3v) is 4.48. The summed E-state index contributed by atoms with van der Waals surface area (Å²) >= 11 is 0.547. The van der Waals surface area contributed by atoms with Gasteiger partial charge in [0.25, 0.3) is 0 Å². The van der Waals surface area contributed by atoms with Crippen LogP contribution in [-0.2, 0) is 19.3 Å². The van der Waals surface area contributed by atoms with Crippen LogP contribution in [0.1, 0.15) is 24.4 Å². The predicted octanol–water partition coefficient (Wildman–Crippen LogP) is 3.34. The van der Waals surface area contributed by atoms with Crippen molar-refractivity contribution in [1.82, 2.24) is 13.8 Å². The second-order valence-corrected chi connectivity index (χ2v) is 5.87. The molecule has 0 N–H and O–H groups in total. The molecule has 2 aromatic heterocycles. The molecule has 0 aromatic carbocycles. The Morgan fingerprint density at radius 1 is 1.32 bits per heavy atom. The molecule has 0 unspecified atom stereocenters. The van der Waals surface area contributed by atoms with E-state index in [0.29, 0.717) is 36.3 Å². The first kappa shape index (κ1) is 12.9. The van der Waals surface area contributed by atoms with Crippen molar-refractivity contribution >= 4 is 22.6 Å². The summed E-state index contributed by atoms with van der Waals surface area (Å²) in [5.41, 5.74) is 1.41. The van der Waals surface area contributed by atoms with Crippen molar-refractivity contribution in [3.8, 4) is 0 Å². The largest absolute Gasteiger partial charge is 0.427 e. The van der Waals surface area contributed by atoms with Crippen molar-refractivity contribution < 1.29 is 13.2 Å². The average Bonchev–Trinajstić information content (AvgIpc) is 2.84. The molecule has 0 saturated carbocycles. The van der Waals surface area contributed by atoms with Gasteiger partial charge in [-0.05, 0) is 31.4 Å². The number of hydrogen-bond acceptors (Lipinski definition) is 3. The van der Waals surface area contributed by atoms with Crippen LogP contribution in [0.3, 0.4) is 0 Å². The molecule has 1 aliphatic rings. The quantitative estimate of drug-likeness (QED) is 0.803. The van der Waals surface area contributed by atoms with E-state index in [0.717, 1.165) is 12.2 Å². The molecule has 1 aliphatic heterocycles. The molecule has 0 atom stereocenters. The summed E-state index contributed by atoms with van der Waals surface area (Å²) in [6.07, 6.45) is -4.31. The third-order valence-electron chi connectivity index (χ3n) is 3.59. The van der Waals surface area contributed by atoms with Crippen LogP contribution in [0.25, 0.3) is 11.0 Å². The molecule has 3 heterocycles. The number of fused-ring (bicyclic) bond motifs is 3. The van der Waals surface area contributed by atoms with Crippen molar-refractivity contribution in [1.29, 1.82) is 0 Å². The minimum absolute atomic E-state index is 0.248. The highest BCUT2D eigenvalue weighted by Crippen LogP contribution is 2.39. The number of nitrogens with zero attached hydrogens (tertiary/aromatic N) is 3. The van der Waals surface area contributed by atoms with Crippen LogP contribution in [0, 0.1) is 0 Å². The minimum Gasteiger partial charge on any atom is -0.326 e. The predicted molar refractivity (Wildman–Crippen MR) is 68.2 cm³/mol. The maximum Gasteiger partial charge on any atom is 0.427 e. The molecule has 2 aromatic rings. The van der Waals surface area contributed by atoms with Crippen molar-refractivity contribution in [3.63, 3.8) is 0 Å².